The van der Waals surface area contributed by atoms with E-state index in [1.807, 2.05) is 48.5 Å². The average molecular weight is 443 g/mol. The zero-order valence-electron chi connectivity index (χ0n) is 18.5. The lowest BCUT2D eigenvalue weighted by Crippen LogP contribution is -2.07. The zero-order chi connectivity index (χ0) is 22.5. The van der Waals surface area contributed by atoms with Gasteiger partial charge < -0.3 is 14.8 Å². The molecule has 0 unspecified atom stereocenters. The van der Waals surface area contributed by atoms with Crippen molar-refractivity contribution in [1.29, 1.82) is 0 Å². The van der Waals surface area contributed by atoms with Crippen LogP contribution in [-0.4, -0.2) is 38.9 Å². The lowest BCUT2D eigenvalue weighted by Gasteiger charge is -2.15. The number of methoxy groups -OCH3 is 1. The van der Waals surface area contributed by atoms with Gasteiger partial charge in [-0.2, -0.15) is 4.80 Å². The Labute approximate surface area is 192 Å². The Morgan fingerprint density at radius 1 is 1.06 bits per heavy atom. The summed E-state index contributed by atoms with van der Waals surface area (Å²) >= 11 is 0. The molecule has 2 heterocycles. The molecule has 0 radical (unpaired) electrons. The van der Waals surface area contributed by atoms with Crippen LogP contribution >= 0.6 is 0 Å². The first-order chi connectivity index (χ1) is 16.3. The van der Waals surface area contributed by atoms with Crippen LogP contribution in [0.1, 0.15) is 30.0 Å². The van der Waals surface area contributed by atoms with Crippen molar-refractivity contribution in [1.82, 2.24) is 25.2 Å². The molecule has 0 bridgehead atoms. The van der Waals surface area contributed by atoms with Crippen molar-refractivity contribution in [3.63, 3.8) is 0 Å². The van der Waals surface area contributed by atoms with E-state index < -0.39 is 0 Å². The van der Waals surface area contributed by atoms with Gasteiger partial charge in [0.2, 0.25) is 5.82 Å². The summed E-state index contributed by atoms with van der Waals surface area (Å²) in [6, 6.07) is 20.2. The quantitative estimate of drug-likeness (QED) is 0.385. The van der Waals surface area contributed by atoms with Crippen molar-refractivity contribution in [2.45, 2.75) is 31.9 Å². The highest BCUT2D eigenvalue weighted by molar-refractivity contribution is 5.70. The first-order valence-electron chi connectivity index (χ1n) is 11.1. The van der Waals surface area contributed by atoms with Gasteiger partial charge in [-0.05, 0) is 72.0 Å². The van der Waals surface area contributed by atoms with E-state index in [0.29, 0.717) is 31.5 Å². The Morgan fingerprint density at radius 2 is 2.00 bits per heavy atom. The molecule has 2 aromatic carbocycles. The van der Waals surface area contributed by atoms with Gasteiger partial charge in [0.15, 0.2) is 0 Å². The Morgan fingerprint density at radius 3 is 2.82 bits per heavy atom. The van der Waals surface area contributed by atoms with Crippen LogP contribution in [-0.2, 0) is 17.9 Å². The molecule has 1 fully saturated rings. The molecule has 0 spiro atoms. The highest BCUT2D eigenvalue weighted by atomic mass is 16.5. The van der Waals surface area contributed by atoms with Gasteiger partial charge in [0.1, 0.15) is 12.4 Å². The fourth-order valence-corrected chi connectivity index (χ4v) is 3.64. The monoisotopic (exact) mass is 442 g/mol. The predicted molar refractivity (Wildman–Crippen MR) is 125 cm³/mol. The smallest absolute Gasteiger partial charge is 0.204 e. The van der Waals surface area contributed by atoms with Crippen molar-refractivity contribution in [2.24, 2.45) is 0 Å². The summed E-state index contributed by atoms with van der Waals surface area (Å²) in [5.41, 5.74) is 5.17. The summed E-state index contributed by atoms with van der Waals surface area (Å²) < 4.78 is 11.1. The lowest BCUT2D eigenvalue weighted by atomic mass is 10.1. The maximum Gasteiger partial charge on any atom is 0.204 e. The molecule has 5 rings (SSSR count). The normalized spacial score (nSPS) is 13.1. The molecule has 0 atom stereocenters. The van der Waals surface area contributed by atoms with E-state index in [1.54, 1.807) is 18.1 Å². The van der Waals surface area contributed by atoms with E-state index in [0.717, 1.165) is 28.4 Å². The minimum absolute atomic E-state index is 0.456. The van der Waals surface area contributed by atoms with Crippen molar-refractivity contribution >= 4 is 11.4 Å². The number of benzene rings is 2. The number of anilines is 2. The third-order valence-corrected chi connectivity index (χ3v) is 5.50. The third-order valence-electron chi connectivity index (χ3n) is 5.50. The summed E-state index contributed by atoms with van der Waals surface area (Å²) in [5.74, 6) is 2.02. The van der Waals surface area contributed by atoms with E-state index in [2.05, 4.69) is 37.8 Å². The Balaban J connectivity index is 1.31. The first-order valence-corrected chi connectivity index (χ1v) is 11.1. The molecule has 1 aliphatic rings. The van der Waals surface area contributed by atoms with Crippen LogP contribution in [0.3, 0.4) is 0 Å². The first kappa shape index (κ1) is 21.1. The zero-order valence-corrected chi connectivity index (χ0v) is 18.5. The third kappa shape index (κ3) is 5.35. The maximum absolute atomic E-state index is 6.00. The van der Waals surface area contributed by atoms with Crippen LogP contribution in [0.4, 0.5) is 11.4 Å². The molecule has 8 nitrogen and oxygen atoms in total. The second-order valence-corrected chi connectivity index (χ2v) is 8.04. The molecule has 168 valence electrons. The van der Waals surface area contributed by atoms with Crippen molar-refractivity contribution < 1.29 is 9.47 Å². The van der Waals surface area contributed by atoms with Gasteiger partial charge in [-0.1, -0.05) is 18.2 Å². The summed E-state index contributed by atoms with van der Waals surface area (Å²) in [5, 5.41) is 16.3. The molecule has 8 heteroatoms. The highest BCUT2D eigenvalue weighted by Crippen LogP contribution is 2.45. The second kappa shape index (κ2) is 9.79. The van der Waals surface area contributed by atoms with Gasteiger partial charge in [-0.3, -0.25) is 4.98 Å². The van der Waals surface area contributed by atoms with Crippen LogP contribution in [0.25, 0.3) is 11.4 Å². The fraction of sp³-hybridized carbons (Fsp3) is 0.280. The van der Waals surface area contributed by atoms with Crippen LogP contribution in [0.15, 0.2) is 66.9 Å². The maximum atomic E-state index is 6.00. The van der Waals surface area contributed by atoms with Gasteiger partial charge in [0, 0.05) is 30.2 Å². The summed E-state index contributed by atoms with van der Waals surface area (Å²) in [6.07, 6.45) is 4.19. The standard InChI is InChI=1S/C25H26N6O2/c1-32-14-13-31-29-25(28-30-31)19-5-4-7-20(15-19)27-24-11-10-22(16-23(24)18-8-9-18)33-17-21-6-2-3-12-26-21/h2-7,10-12,15-16,18,27H,8-9,13-14,17H2,1H3. The second-order valence-electron chi connectivity index (χ2n) is 8.04. The number of hydrogen-bond donors (Lipinski definition) is 1. The van der Waals surface area contributed by atoms with Crippen molar-refractivity contribution in [3.8, 4) is 17.1 Å². The fourth-order valence-electron chi connectivity index (χ4n) is 3.64. The number of hydrogen-bond acceptors (Lipinski definition) is 7. The van der Waals surface area contributed by atoms with Crippen molar-refractivity contribution in [3.05, 3.63) is 78.1 Å². The van der Waals surface area contributed by atoms with E-state index in [1.165, 1.54) is 18.4 Å². The number of nitrogens with zero attached hydrogens (tertiary/aromatic N) is 5. The van der Waals surface area contributed by atoms with Crippen LogP contribution in [0, 0.1) is 0 Å². The van der Waals surface area contributed by atoms with Gasteiger partial charge in [0.05, 0.1) is 18.8 Å². The molecular weight excluding hydrogens is 416 g/mol. The number of nitrogens with one attached hydrogen (secondary N) is 1. The summed E-state index contributed by atoms with van der Waals surface area (Å²) in [6.45, 7) is 1.57. The Hall–Kier alpha value is -3.78. The molecule has 0 aliphatic heterocycles. The molecule has 1 saturated carbocycles. The Kier molecular flexibility index (Phi) is 6.25. The van der Waals surface area contributed by atoms with Crippen molar-refractivity contribution in [2.75, 3.05) is 19.0 Å². The Bertz CT molecular complexity index is 1210. The summed E-state index contributed by atoms with van der Waals surface area (Å²) in [4.78, 5) is 5.88. The van der Waals surface area contributed by atoms with Gasteiger partial charge in [0.25, 0.3) is 0 Å². The van der Waals surface area contributed by atoms with E-state index in [-0.39, 0.29) is 0 Å². The number of aromatic nitrogens is 5. The number of tetrazole rings is 1. The molecule has 4 aromatic rings. The molecule has 1 aliphatic carbocycles. The minimum atomic E-state index is 0.456. The molecule has 1 N–H and O–H groups in total. The van der Waals surface area contributed by atoms with Gasteiger partial charge >= 0.3 is 0 Å². The van der Waals surface area contributed by atoms with Crippen LogP contribution in [0.2, 0.25) is 0 Å². The van der Waals surface area contributed by atoms with E-state index >= 15 is 0 Å². The molecule has 0 saturated heterocycles. The minimum Gasteiger partial charge on any atom is -0.487 e. The topological polar surface area (TPSA) is 87.0 Å². The van der Waals surface area contributed by atoms with Crippen LogP contribution < -0.4 is 10.1 Å². The molecule has 33 heavy (non-hydrogen) atoms. The SMILES string of the molecule is COCCn1nnc(-c2cccc(Nc3ccc(OCc4ccccn4)cc3C3CC3)c2)n1. The number of ether oxygens (including phenoxy) is 2. The molecular formula is C25H26N6O2. The average Bonchev–Trinajstić information content (AvgIpc) is 3.60. The van der Waals surface area contributed by atoms with E-state index in [4.69, 9.17) is 9.47 Å². The summed E-state index contributed by atoms with van der Waals surface area (Å²) in [7, 11) is 1.65. The van der Waals surface area contributed by atoms with Crippen LogP contribution in [0.5, 0.6) is 5.75 Å². The largest absolute Gasteiger partial charge is 0.487 e. The number of pyridine rings is 1. The predicted octanol–water partition coefficient (Wildman–Crippen LogP) is 4.58. The van der Waals surface area contributed by atoms with Gasteiger partial charge in [-0.15, -0.1) is 10.2 Å². The number of rotatable bonds is 10. The molecule has 0 amide bonds. The highest BCUT2D eigenvalue weighted by Gasteiger charge is 2.27. The molecule has 2 aromatic heterocycles. The van der Waals surface area contributed by atoms with Gasteiger partial charge in [-0.25, -0.2) is 0 Å². The van der Waals surface area contributed by atoms with E-state index in [9.17, 15) is 0 Å². The lowest BCUT2D eigenvalue weighted by molar-refractivity contribution is 0.178.